The van der Waals surface area contributed by atoms with Gasteiger partial charge in [0.2, 0.25) is 5.95 Å². The molecule has 2 saturated carbocycles. The van der Waals surface area contributed by atoms with Crippen LogP contribution in [0, 0.1) is 5.41 Å². The number of benzene rings is 1. The predicted molar refractivity (Wildman–Crippen MR) is 67.6 cm³/mol. The van der Waals surface area contributed by atoms with Gasteiger partial charge in [-0.15, -0.1) is 0 Å². The van der Waals surface area contributed by atoms with Gasteiger partial charge in [-0.25, -0.2) is 9.97 Å². The molecule has 1 unspecified atom stereocenters. The fourth-order valence-corrected chi connectivity index (χ4v) is 3.30. The molecule has 17 heavy (non-hydrogen) atoms. The first-order valence-corrected chi connectivity index (χ1v) is 6.31. The third-order valence-electron chi connectivity index (χ3n) is 4.52. The van der Waals surface area contributed by atoms with Crippen LogP contribution >= 0.6 is 0 Å². The van der Waals surface area contributed by atoms with E-state index >= 15 is 0 Å². The average molecular weight is 225 g/mol. The molecule has 1 aromatic carbocycles. The molecule has 1 aromatic heterocycles. The van der Waals surface area contributed by atoms with E-state index in [0.29, 0.717) is 17.3 Å². The topological polar surface area (TPSA) is 51.8 Å². The summed E-state index contributed by atoms with van der Waals surface area (Å²) in [7, 11) is 0. The standard InChI is InChI=1S/C14H15N3/c15-13-16-11-5-2-1-4-9(11)12(17-13)10-8-14(10)6-3-7-14/h1-2,4-5,10H,3,6-8H2,(H2,15,16,17). The van der Waals surface area contributed by atoms with Crippen molar-refractivity contribution in [1.82, 2.24) is 9.97 Å². The second kappa shape index (κ2) is 2.97. The van der Waals surface area contributed by atoms with E-state index in [0.717, 1.165) is 5.52 Å². The predicted octanol–water partition coefficient (Wildman–Crippen LogP) is 2.87. The number of nitrogens with two attached hydrogens (primary N) is 1. The van der Waals surface area contributed by atoms with Crippen LogP contribution in [0.5, 0.6) is 0 Å². The number of fused-ring (bicyclic) bond motifs is 1. The molecule has 86 valence electrons. The van der Waals surface area contributed by atoms with Gasteiger partial charge in [0.25, 0.3) is 0 Å². The molecule has 0 radical (unpaired) electrons. The van der Waals surface area contributed by atoms with Crippen LogP contribution in [0.2, 0.25) is 0 Å². The fraction of sp³-hybridized carbons (Fsp3) is 0.429. The van der Waals surface area contributed by atoms with Gasteiger partial charge in [-0.05, 0) is 30.7 Å². The smallest absolute Gasteiger partial charge is 0.220 e. The maximum atomic E-state index is 5.82. The highest BCUT2D eigenvalue weighted by atomic mass is 15.0. The molecule has 3 heteroatoms. The molecule has 0 bridgehead atoms. The van der Waals surface area contributed by atoms with E-state index in [4.69, 9.17) is 5.73 Å². The highest BCUT2D eigenvalue weighted by Gasteiger charge is 2.59. The van der Waals surface area contributed by atoms with E-state index in [1.54, 1.807) is 0 Å². The summed E-state index contributed by atoms with van der Waals surface area (Å²) in [4.78, 5) is 8.81. The van der Waals surface area contributed by atoms with Crippen molar-refractivity contribution in [3.8, 4) is 0 Å². The van der Waals surface area contributed by atoms with Crippen molar-refractivity contribution in [2.24, 2.45) is 5.41 Å². The van der Waals surface area contributed by atoms with Crippen LogP contribution in [0.1, 0.15) is 37.3 Å². The van der Waals surface area contributed by atoms with Crippen LogP contribution in [0.25, 0.3) is 10.9 Å². The summed E-state index contributed by atoms with van der Waals surface area (Å²) < 4.78 is 0. The van der Waals surface area contributed by atoms with Gasteiger partial charge in [0.05, 0.1) is 11.2 Å². The first kappa shape index (κ1) is 9.40. The average Bonchev–Trinajstić information content (AvgIpc) is 3.03. The van der Waals surface area contributed by atoms with Gasteiger partial charge in [0.15, 0.2) is 0 Å². The first-order valence-electron chi connectivity index (χ1n) is 6.31. The second-order valence-electron chi connectivity index (χ2n) is 5.46. The molecule has 4 rings (SSSR count). The van der Waals surface area contributed by atoms with E-state index in [9.17, 15) is 0 Å². The molecule has 1 heterocycles. The third kappa shape index (κ3) is 1.22. The van der Waals surface area contributed by atoms with Crippen LogP contribution in [-0.2, 0) is 0 Å². The number of para-hydroxylation sites is 1. The van der Waals surface area contributed by atoms with Gasteiger partial charge in [0, 0.05) is 11.3 Å². The van der Waals surface area contributed by atoms with E-state index < -0.39 is 0 Å². The number of hydrogen-bond acceptors (Lipinski definition) is 3. The van der Waals surface area contributed by atoms with E-state index in [2.05, 4.69) is 22.1 Å². The van der Waals surface area contributed by atoms with Crippen LogP contribution in [0.15, 0.2) is 24.3 Å². The number of nitrogen functional groups attached to an aromatic ring is 1. The summed E-state index contributed by atoms with van der Waals surface area (Å²) in [6.07, 6.45) is 5.42. The number of rotatable bonds is 1. The van der Waals surface area contributed by atoms with E-state index in [-0.39, 0.29) is 0 Å². The zero-order valence-electron chi connectivity index (χ0n) is 9.69. The minimum atomic E-state index is 0.417. The van der Waals surface area contributed by atoms with Gasteiger partial charge in [-0.1, -0.05) is 24.6 Å². The Morgan fingerprint density at radius 1 is 1.18 bits per heavy atom. The highest BCUT2D eigenvalue weighted by Crippen LogP contribution is 2.70. The largest absolute Gasteiger partial charge is 0.368 e. The lowest BCUT2D eigenvalue weighted by Crippen LogP contribution is -2.15. The molecule has 1 atom stereocenters. The monoisotopic (exact) mass is 225 g/mol. The maximum Gasteiger partial charge on any atom is 0.220 e. The summed E-state index contributed by atoms with van der Waals surface area (Å²) >= 11 is 0. The van der Waals surface area contributed by atoms with Crippen LogP contribution in [0.3, 0.4) is 0 Å². The molecule has 2 fully saturated rings. The molecule has 0 aliphatic heterocycles. The summed E-state index contributed by atoms with van der Waals surface area (Å²) in [6, 6.07) is 8.20. The summed E-state index contributed by atoms with van der Waals surface area (Å²) in [5.41, 5.74) is 8.57. The Morgan fingerprint density at radius 3 is 2.71 bits per heavy atom. The molecule has 2 aliphatic rings. The molecule has 2 aliphatic carbocycles. The number of nitrogens with zero attached hydrogens (tertiary/aromatic N) is 2. The molecule has 0 amide bonds. The van der Waals surface area contributed by atoms with Crippen LogP contribution < -0.4 is 5.73 Å². The molecule has 1 spiro atoms. The quantitative estimate of drug-likeness (QED) is 0.811. The number of aromatic nitrogens is 2. The third-order valence-corrected chi connectivity index (χ3v) is 4.52. The van der Waals surface area contributed by atoms with Crippen LogP contribution in [-0.4, -0.2) is 9.97 Å². The Balaban J connectivity index is 1.89. The van der Waals surface area contributed by atoms with Gasteiger partial charge in [0.1, 0.15) is 0 Å². The van der Waals surface area contributed by atoms with Crippen molar-refractivity contribution in [1.29, 1.82) is 0 Å². The Labute approximate surface area is 100 Å². The highest BCUT2D eigenvalue weighted by molar-refractivity contribution is 5.82. The first-order chi connectivity index (χ1) is 8.28. The number of anilines is 1. The fourth-order valence-electron chi connectivity index (χ4n) is 3.30. The lowest BCUT2D eigenvalue weighted by molar-refractivity contribution is 0.277. The SMILES string of the molecule is Nc1nc(C2CC23CCC3)c2ccccc2n1. The normalized spacial score (nSPS) is 24.8. The summed E-state index contributed by atoms with van der Waals surface area (Å²) in [5, 5.41) is 1.19. The Hall–Kier alpha value is -1.64. The molecular weight excluding hydrogens is 210 g/mol. The van der Waals surface area contributed by atoms with Crippen LogP contribution in [0.4, 0.5) is 5.95 Å². The van der Waals surface area contributed by atoms with Crippen molar-refractivity contribution in [3.63, 3.8) is 0 Å². The van der Waals surface area contributed by atoms with Crippen molar-refractivity contribution in [2.45, 2.75) is 31.6 Å². The van der Waals surface area contributed by atoms with Gasteiger partial charge in [-0.3, -0.25) is 0 Å². The maximum absolute atomic E-state index is 5.82. The van der Waals surface area contributed by atoms with Crippen molar-refractivity contribution >= 4 is 16.9 Å². The summed E-state index contributed by atoms with van der Waals surface area (Å²) in [6.45, 7) is 0. The van der Waals surface area contributed by atoms with Crippen molar-refractivity contribution in [3.05, 3.63) is 30.0 Å². The molecule has 0 saturated heterocycles. The Kier molecular flexibility index (Phi) is 1.64. The van der Waals surface area contributed by atoms with Gasteiger partial charge in [-0.2, -0.15) is 0 Å². The van der Waals surface area contributed by atoms with Crippen molar-refractivity contribution in [2.75, 3.05) is 5.73 Å². The van der Waals surface area contributed by atoms with Gasteiger partial charge < -0.3 is 5.73 Å². The zero-order valence-corrected chi connectivity index (χ0v) is 9.69. The minimum Gasteiger partial charge on any atom is -0.368 e. The van der Waals surface area contributed by atoms with E-state index in [1.807, 2.05) is 12.1 Å². The summed E-state index contributed by atoms with van der Waals surface area (Å²) in [5.74, 6) is 1.05. The zero-order chi connectivity index (χ0) is 11.5. The lowest BCUT2D eigenvalue weighted by atomic mass is 9.79. The number of hydrogen-bond donors (Lipinski definition) is 1. The lowest BCUT2D eigenvalue weighted by Gasteiger charge is -2.26. The molecule has 2 aromatic rings. The Bertz CT molecular complexity index is 601. The van der Waals surface area contributed by atoms with Crippen molar-refractivity contribution < 1.29 is 0 Å². The van der Waals surface area contributed by atoms with Gasteiger partial charge >= 0.3 is 0 Å². The Morgan fingerprint density at radius 2 is 2.00 bits per heavy atom. The molecule has 3 nitrogen and oxygen atoms in total. The second-order valence-corrected chi connectivity index (χ2v) is 5.46. The molecular formula is C14H15N3. The molecule has 2 N–H and O–H groups in total. The minimum absolute atomic E-state index is 0.417. The van der Waals surface area contributed by atoms with E-state index in [1.165, 1.54) is 36.8 Å².